The van der Waals surface area contributed by atoms with E-state index in [0.717, 1.165) is 16.9 Å². The van der Waals surface area contributed by atoms with Crippen molar-refractivity contribution in [2.45, 2.75) is 22.4 Å². The van der Waals surface area contributed by atoms with Gasteiger partial charge in [-0.1, -0.05) is 17.3 Å². The van der Waals surface area contributed by atoms with Crippen molar-refractivity contribution in [1.29, 1.82) is 0 Å². The van der Waals surface area contributed by atoms with Crippen molar-refractivity contribution >= 4 is 31.4 Å². The molecule has 0 bridgehead atoms. The van der Waals surface area contributed by atoms with Crippen LogP contribution in [-0.2, 0) is 26.5 Å². The molecule has 144 valence electrons. The van der Waals surface area contributed by atoms with Crippen LogP contribution in [0.2, 0.25) is 0 Å². The smallest absolute Gasteiger partial charge is 0.250 e. The SMILES string of the molecule is Cc1cc(-c2csc(S(=O)(=O)NCCc3ccc(S(N)(=O)=O)cc3)c2)on1. The van der Waals surface area contributed by atoms with Crippen LogP contribution in [0.15, 0.2) is 55.4 Å². The van der Waals surface area contributed by atoms with E-state index >= 15 is 0 Å². The zero-order valence-corrected chi connectivity index (χ0v) is 16.7. The maximum absolute atomic E-state index is 12.4. The van der Waals surface area contributed by atoms with Crippen molar-refractivity contribution in [2.24, 2.45) is 5.14 Å². The standard InChI is InChI=1S/C16H17N3O5S3/c1-11-8-15(24-19-11)13-9-16(25-10-13)27(22,23)18-7-6-12-2-4-14(5-3-12)26(17,20)21/h2-5,8-10,18H,6-7H2,1H3,(H2,17,20,21). The number of primary sulfonamides is 1. The van der Waals surface area contributed by atoms with Gasteiger partial charge in [0.2, 0.25) is 20.0 Å². The Labute approximate surface area is 161 Å². The van der Waals surface area contributed by atoms with Crippen LogP contribution in [0.3, 0.4) is 0 Å². The first-order chi connectivity index (χ1) is 12.6. The molecule has 0 fully saturated rings. The van der Waals surface area contributed by atoms with Gasteiger partial charge < -0.3 is 4.52 Å². The molecule has 3 rings (SSSR count). The summed E-state index contributed by atoms with van der Waals surface area (Å²) in [5.41, 5.74) is 2.15. The van der Waals surface area contributed by atoms with Gasteiger partial charge in [-0.3, -0.25) is 0 Å². The topological polar surface area (TPSA) is 132 Å². The molecule has 2 aromatic heterocycles. The Kier molecular flexibility index (Phi) is 5.49. The monoisotopic (exact) mass is 427 g/mol. The normalized spacial score (nSPS) is 12.4. The molecule has 0 unspecified atom stereocenters. The van der Waals surface area contributed by atoms with Crippen molar-refractivity contribution in [2.75, 3.05) is 6.54 Å². The van der Waals surface area contributed by atoms with E-state index in [1.807, 2.05) is 0 Å². The van der Waals surface area contributed by atoms with E-state index in [2.05, 4.69) is 9.88 Å². The van der Waals surface area contributed by atoms with Gasteiger partial charge in [0.15, 0.2) is 5.76 Å². The predicted molar refractivity (Wildman–Crippen MR) is 101 cm³/mol. The average Bonchev–Trinajstić information content (AvgIpc) is 3.23. The number of nitrogens with two attached hydrogens (primary N) is 1. The molecule has 0 aliphatic carbocycles. The van der Waals surface area contributed by atoms with Crippen LogP contribution < -0.4 is 9.86 Å². The summed E-state index contributed by atoms with van der Waals surface area (Å²) in [4.78, 5) is 0.0144. The molecule has 0 saturated carbocycles. The maximum atomic E-state index is 12.4. The van der Waals surface area contributed by atoms with E-state index in [-0.39, 0.29) is 15.6 Å². The van der Waals surface area contributed by atoms with E-state index in [0.29, 0.717) is 23.4 Å². The number of rotatable bonds is 7. The van der Waals surface area contributed by atoms with Gasteiger partial charge >= 0.3 is 0 Å². The molecular formula is C16H17N3O5S3. The molecule has 1 aromatic carbocycles. The van der Waals surface area contributed by atoms with Crippen LogP contribution in [-0.4, -0.2) is 28.5 Å². The fourth-order valence-corrected chi connectivity index (χ4v) is 5.09. The number of hydrogen-bond donors (Lipinski definition) is 2. The van der Waals surface area contributed by atoms with Crippen LogP contribution in [0.25, 0.3) is 11.3 Å². The molecular weight excluding hydrogens is 410 g/mol. The second kappa shape index (κ2) is 7.52. The zero-order valence-electron chi connectivity index (χ0n) is 14.2. The minimum absolute atomic E-state index is 0.0144. The lowest BCUT2D eigenvalue weighted by molar-refractivity contribution is 0.427. The van der Waals surface area contributed by atoms with E-state index in [1.54, 1.807) is 30.5 Å². The van der Waals surface area contributed by atoms with Gasteiger partial charge in [-0.25, -0.2) is 26.7 Å². The highest BCUT2D eigenvalue weighted by Crippen LogP contribution is 2.28. The summed E-state index contributed by atoms with van der Waals surface area (Å²) in [7, 11) is -7.39. The number of thiophene rings is 1. The lowest BCUT2D eigenvalue weighted by atomic mass is 10.2. The number of benzene rings is 1. The van der Waals surface area contributed by atoms with Crippen LogP contribution in [0, 0.1) is 6.92 Å². The van der Waals surface area contributed by atoms with E-state index in [4.69, 9.17) is 9.66 Å². The Balaban J connectivity index is 1.63. The quantitative estimate of drug-likeness (QED) is 0.592. The largest absolute Gasteiger partial charge is 0.356 e. The molecule has 0 radical (unpaired) electrons. The van der Waals surface area contributed by atoms with Crippen molar-refractivity contribution < 1.29 is 21.4 Å². The molecule has 3 aromatic rings. The van der Waals surface area contributed by atoms with Gasteiger partial charge in [-0.15, -0.1) is 11.3 Å². The maximum Gasteiger partial charge on any atom is 0.250 e. The van der Waals surface area contributed by atoms with Crippen molar-refractivity contribution in [3.05, 3.63) is 53.0 Å². The highest BCUT2D eigenvalue weighted by molar-refractivity contribution is 7.91. The molecule has 2 heterocycles. The Hall–Kier alpha value is -2.05. The summed E-state index contributed by atoms with van der Waals surface area (Å²) >= 11 is 1.09. The Morgan fingerprint density at radius 2 is 1.85 bits per heavy atom. The molecule has 0 saturated heterocycles. The van der Waals surface area contributed by atoms with Crippen LogP contribution in [0.5, 0.6) is 0 Å². The van der Waals surface area contributed by atoms with Gasteiger partial charge in [0, 0.05) is 23.6 Å². The minimum Gasteiger partial charge on any atom is -0.356 e. The first-order valence-electron chi connectivity index (χ1n) is 7.79. The van der Waals surface area contributed by atoms with Crippen molar-refractivity contribution in [1.82, 2.24) is 9.88 Å². The lowest BCUT2D eigenvalue weighted by Gasteiger charge is -2.05. The number of aryl methyl sites for hydroxylation is 1. The molecule has 0 aliphatic rings. The third kappa shape index (κ3) is 4.82. The highest BCUT2D eigenvalue weighted by atomic mass is 32.2. The number of aromatic nitrogens is 1. The zero-order chi connectivity index (χ0) is 19.7. The number of nitrogens with zero attached hydrogens (tertiary/aromatic N) is 1. The van der Waals surface area contributed by atoms with Crippen molar-refractivity contribution in [3.8, 4) is 11.3 Å². The van der Waals surface area contributed by atoms with Crippen molar-refractivity contribution in [3.63, 3.8) is 0 Å². The van der Waals surface area contributed by atoms with Gasteiger partial charge in [0.25, 0.3) is 0 Å². The number of nitrogens with one attached hydrogen (secondary N) is 1. The summed E-state index contributed by atoms with van der Waals surface area (Å²) in [6.45, 7) is 1.96. The van der Waals surface area contributed by atoms with Gasteiger partial charge in [0.05, 0.1) is 10.6 Å². The van der Waals surface area contributed by atoms with Crippen LogP contribution >= 0.6 is 11.3 Å². The highest BCUT2D eigenvalue weighted by Gasteiger charge is 2.18. The molecule has 3 N–H and O–H groups in total. The molecule has 0 aliphatic heterocycles. The Morgan fingerprint density at radius 3 is 2.44 bits per heavy atom. The van der Waals surface area contributed by atoms with Gasteiger partial charge in [-0.05, 0) is 37.1 Å². The molecule has 8 nitrogen and oxygen atoms in total. The second-order valence-corrected chi connectivity index (χ2v) is 10.3. The number of hydrogen-bond acceptors (Lipinski definition) is 7. The minimum atomic E-state index is -3.74. The van der Waals surface area contributed by atoms with Crippen LogP contribution in [0.1, 0.15) is 11.3 Å². The fourth-order valence-electron chi connectivity index (χ4n) is 2.33. The Morgan fingerprint density at radius 1 is 1.15 bits per heavy atom. The molecule has 11 heteroatoms. The first-order valence-corrected chi connectivity index (χ1v) is 11.7. The lowest BCUT2D eigenvalue weighted by Crippen LogP contribution is -2.25. The summed E-state index contributed by atoms with van der Waals surface area (Å²) in [5.74, 6) is 0.514. The summed E-state index contributed by atoms with van der Waals surface area (Å²) < 4.78 is 55.1. The third-order valence-electron chi connectivity index (χ3n) is 3.71. The average molecular weight is 428 g/mol. The summed E-state index contributed by atoms with van der Waals surface area (Å²) in [5, 5.41) is 10.5. The van der Waals surface area contributed by atoms with Gasteiger partial charge in [-0.2, -0.15) is 0 Å². The van der Waals surface area contributed by atoms with E-state index in [1.165, 1.54) is 18.2 Å². The fraction of sp³-hybridized carbons (Fsp3) is 0.188. The second-order valence-electron chi connectivity index (χ2n) is 5.82. The van der Waals surface area contributed by atoms with Crippen LogP contribution in [0.4, 0.5) is 0 Å². The van der Waals surface area contributed by atoms with Gasteiger partial charge in [0.1, 0.15) is 4.21 Å². The molecule has 0 atom stereocenters. The molecule has 0 amide bonds. The molecule has 0 spiro atoms. The first kappa shape index (κ1) is 19.7. The number of sulfonamides is 2. The predicted octanol–water partition coefficient (Wildman–Crippen LogP) is 1.88. The molecule has 27 heavy (non-hydrogen) atoms. The Bertz CT molecular complexity index is 1150. The summed E-state index contributed by atoms with van der Waals surface area (Å²) in [6, 6.07) is 9.26. The van der Waals surface area contributed by atoms with E-state index in [9.17, 15) is 16.8 Å². The third-order valence-corrected chi connectivity index (χ3v) is 7.54. The summed E-state index contributed by atoms with van der Waals surface area (Å²) in [6.07, 6.45) is 0.406. The van der Waals surface area contributed by atoms with E-state index < -0.39 is 20.0 Å².